The second kappa shape index (κ2) is 7.15. The SMILES string of the molecule is N#Cc1cnc(-c2ccc3c(c2)N(S(=O)(=O)c2cc4ccccc4s2)CCS3)s1. The molecule has 5 rings (SSSR count). The van der Waals surface area contributed by atoms with E-state index < -0.39 is 10.0 Å². The molecular formula is C20H13N3O2S4. The summed E-state index contributed by atoms with van der Waals surface area (Å²) in [6.45, 7) is 0.416. The topological polar surface area (TPSA) is 74.1 Å². The summed E-state index contributed by atoms with van der Waals surface area (Å²) < 4.78 is 29.8. The van der Waals surface area contributed by atoms with Crippen molar-refractivity contribution < 1.29 is 8.42 Å². The van der Waals surface area contributed by atoms with E-state index >= 15 is 0 Å². The van der Waals surface area contributed by atoms with Gasteiger partial charge >= 0.3 is 0 Å². The number of fused-ring (bicyclic) bond motifs is 2. The first kappa shape index (κ1) is 18.6. The summed E-state index contributed by atoms with van der Waals surface area (Å²) in [6.07, 6.45) is 1.54. The molecule has 0 amide bonds. The van der Waals surface area contributed by atoms with Gasteiger partial charge in [0, 0.05) is 27.5 Å². The molecule has 0 bridgehead atoms. The van der Waals surface area contributed by atoms with E-state index in [1.807, 2.05) is 42.5 Å². The molecule has 0 fully saturated rings. The number of thiazole rings is 1. The predicted octanol–water partition coefficient (Wildman–Crippen LogP) is 5.20. The highest BCUT2D eigenvalue weighted by molar-refractivity contribution is 8.00. The Morgan fingerprint density at radius 3 is 2.76 bits per heavy atom. The van der Waals surface area contributed by atoms with Crippen LogP contribution in [0.3, 0.4) is 0 Å². The maximum absolute atomic E-state index is 13.5. The van der Waals surface area contributed by atoms with Crippen molar-refractivity contribution in [2.24, 2.45) is 0 Å². The number of thioether (sulfide) groups is 1. The van der Waals surface area contributed by atoms with Crippen LogP contribution in [-0.4, -0.2) is 25.7 Å². The zero-order valence-corrected chi connectivity index (χ0v) is 18.2. The van der Waals surface area contributed by atoms with Crippen LogP contribution >= 0.6 is 34.4 Å². The van der Waals surface area contributed by atoms with Crippen LogP contribution in [0.25, 0.3) is 20.7 Å². The number of thiophene rings is 1. The van der Waals surface area contributed by atoms with Gasteiger partial charge in [-0.25, -0.2) is 13.4 Å². The molecule has 0 saturated heterocycles. The summed E-state index contributed by atoms with van der Waals surface area (Å²) >= 11 is 4.25. The first-order valence-electron chi connectivity index (χ1n) is 8.71. The number of benzene rings is 2. The Morgan fingerprint density at radius 1 is 1.10 bits per heavy atom. The Morgan fingerprint density at radius 2 is 1.97 bits per heavy atom. The highest BCUT2D eigenvalue weighted by Gasteiger charge is 2.31. The fraction of sp³-hybridized carbons (Fsp3) is 0.100. The third kappa shape index (κ3) is 3.22. The predicted molar refractivity (Wildman–Crippen MR) is 119 cm³/mol. The molecule has 0 atom stereocenters. The van der Waals surface area contributed by atoms with Gasteiger partial charge in [-0.05, 0) is 29.7 Å². The average molecular weight is 456 g/mol. The molecule has 5 nitrogen and oxygen atoms in total. The lowest BCUT2D eigenvalue weighted by molar-refractivity contribution is 0.593. The molecule has 9 heteroatoms. The highest BCUT2D eigenvalue weighted by atomic mass is 32.2. The Labute approximate surface area is 180 Å². The van der Waals surface area contributed by atoms with Crippen LogP contribution in [0.4, 0.5) is 5.69 Å². The lowest BCUT2D eigenvalue weighted by Crippen LogP contribution is -2.35. The first-order valence-corrected chi connectivity index (χ1v) is 12.8. The second-order valence-electron chi connectivity index (χ2n) is 6.35. The van der Waals surface area contributed by atoms with E-state index in [1.165, 1.54) is 27.0 Å². The number of nitriles is 1. The Hall–Kier alpha value is -2.38. The van der Waals surface area contributed by atoms with Crippen LogP contribution in [0.1, 0.15) is 4.88 Å². The zero-order valence-electron chi connectivity index (χ0n) is 14.9. The molecule has 3 heterocycles. The molecule has 29 heavy (non-hydrogen) atoms. The number of aromatic nitrogens is 1. The van der Waals surface area contributed by atoms with Gasteiger partial charge < -0.3 is 0 Å². The average Bonchev–Trinajstić information content (AvgIpc) is 3.40. The van der Waals surface area contributed by atoms with E-state index in [0.717, 1.165) is 20.5 Å². The van der Waals surface area contributed by atoms with E-state index in [4.69, 9.17) is 5.26 Å². The molecule has 0 radical (unpaired) electrons. The largest absolute Gasteiger partial charge is 0.273 e. The standard InChI is InChI=1S/C20H13N3O2S4/c21-11-15-12-22-20(27-15)14-5-6-18-16(9-14)23(7-8-26-18)29(24,25)19-10-13-3-1-2-4-17(13)28-19/h1-6,9-10,12H,7-8H2. The fourth-order valence-electron chi connectivity index (χ4n) is 3.23. The van der Waals surface area contributed by atoms with E-state index in [2.05, 4.69) is 11.1 Å². The highest BCUT2D eigenvalue weighted by Crippen LogP contribution is 2.42. The maximum Gasteiger partial charge on any atom is 0.273 e. The smallest absolute Gasteiger partial charge is 0.264 e. The van der Waals surface area contributed by atoms with Gasteiger partial charge in [0.2, 0.25) is 0 Å². The van der Waals surface area contributed by atoms with Crippen molar-refractivity contribution in [3.63, 3.8) is 0 Å². The minimum Gasteiger partial charge on any atom is -0.264 e. The number of nitrogens with zero attached hydrogens (tertiary/aromatic N) is 3. The summed E-state index contributed by atoms with van der Waals surface area (Å²) in [4.78, 5) is 5.77. The number of hydrogen-bond acceptors (Lipinski definition) is 7. The van der Waals surface area contributed by atoms with E-state index in [-0.39, 0.29) is 0 Å². The summed E-state index contributed by atoms with van der Waals surface area (Å²) in [5.74, 6) is 0.701. The number of rotatable bonds is 3. The maximum atomic E-state index is 13.5. The summed E-state index contributed by atoms with van der Waals surface area (Å²) in [7, 11) is -3.67. The third-order valence-corrected chi connectivity index (χ3v) is 9.96. The van der Waals surface area contributed by atoms with Crippen molar-refractivity contribution in [3.05, 3.63) is 59.6 Å². The minimum absolute atomic E-state index is 0.350. The fourth-order valence-corrected chi connectivity index (χ4v) is 8.08. The van der Waals surface area contributed by atoms with Crippen molar-refractivity contribution >= 4 is 60.2 Å². The molecule has 4 aromatic rings. The zero-order chi connectivity index (χ0) is 20.0. The summed E-state index contributed by atoms with van der Waals surface area (Å²) in [6, 6.07) is 17.3. The molecule has 2 aromatic carbocycles. The molecule has 0 spiro atoms. The summed E-state index contributed by atoms with van der Waals surface area (Å²) in [5.41, 5.74) is 1.49. The van der Waals surface area contributed by atoms with E-state index in [0.29, 0.717) is 32.1 Å². The van der Waals surface area contributed by atoms with Gasteiger partial charge in [0.05, 0.1) is 11.9 Å². The number of sulfonamides is 1. The Balaban J connectivity index is 1.60. The molecule has 144 valence electrons. The van der Waals surface area contributed by atoms with Crippen LogP contribution in [0, 0.1) is 11.3 Å². The molecule has 2 aromatic heterocycles. The molecule has 0 aliphatic carbocycles. The monoisotopic (exact) mass is 455 g/mol. The Bertz CT molecular complexity index is 1350. The van der Waals surface area contributed by atoms with E-state index in [9.17, 15) is 8.42 Å². The van der Waals surface area contributed by atoms with Gasteiger partial charge in [-0.2, -0.15) is 5.26 Å². The van der Waals surface area contributed by atoms with Crippen molar-refractivity contribution in [3.8, 4) is 16.6 Å². The molecule has 0 saturated carbocycles. The molecule has 1 aliphatic heterocycles. The molecule has 0 N–H and O–H groups in total. The Kier molecular flexibility index (Phi) is 4.59. The normalized spacial score (nSPS) is 14.0. The number of hydrogen-bond donors (Lipinski definition) is 0. The lowest BCUT2D eigenvalue weighted by atomic mass is 10.2. The van der Waals surface area contributed by atoms with E-state index in [1.54, 1.807) is 24.0 Å². The van der Waals surface area contributed by atoms with Crippen LogP contribution in [0.15, 0.2) is 63.8 Å². The lowest BCUT2D eigenvalue weighted by Gasteiger charge is -2.29. The first-order chi connectivity index (χ1) is 14.1. The molecule has 0 unspecified atom stereocenters. The molecular weight excluding hydrogens is 443 g/mol. The third-order valence-electron chi connectivity index (χ3n) is 4.59. The van der Waals surface area contributed by atoms with Crippen LogP contribution in [0.5, 0.6) is 0 Å². The second-order valence-corrected chi connectivity index (χ2v) is 11.7. The molecule has 1 aliphatic rings. The number of anilines is 1. The van der Waals surface area contributed by atoms with Crippen molar-refractivity contribution in [1.82, 2.24) is 4.98 Å². The van der Waals surface area contributed by atoms with Gasteiger partial charge in [0.1, 0.15) is 20.2 Å². The minimum atomic E-state index is -3.67. The van der Waals surface area contributed by atoms with Crippen LogP contribution < -0.4 is 4.31 Å². The van der Waals surface area contributed by atoms with Crippen LogP contribution in [-0.2, 0) is 10.0 Å². The van der Waals surface area contributed by atoms with Gasteiger partial charge in [0.25, 0.3) is 10.0 Å². The van der Waals surface area contributed by atoms with Gasteiger partial charge in [0.15, 0.2) is 0 Å². The quantitative estimate of drug-likeness (QED) is 0.425. The van der Waals surface area contributed by atoms with Gasteiger partial charge in [-0.1, -0.05) is 24.3 Å². The van der Waals surface area contributed by atoms with Crippen molar-refractivity contribution in [2.45, 2.75) is 9.10 Å². The van der Waals surface area contributed by atoms with Gasteiger partial charge in [-0.3, -0.25) is 4.31 Å². The summed E-state index contributed by atoms with van der Waals surface area (Å²) in [5, 5.41) is 10.7. The van der Waals surface area contributed by atoms with Gasteiger partial charge in [-0.15, -0.1) is 34.4 Å². The van der Waals surface area contributed by atoms with Crippen molar-refractivity contribution in [2.75, 3.05) is 16.6 Å². The van der Waals surface area contributed by atoms with Crippen molar-refractivity contribution in [1.29, 1.82) is 5.26 Å². The van der Waals surface area contributed by atoms with Crippen LogP contribution in [0.2, 0.25) is 0 Å².